The third kappa shape index (κ3) is 2.94. The smallest absolute Gasteiger partial charge is 0.282 e. The van der Waals surface area contributed by atoms with Crippen molar-refractivity contribution < 1.29 is 23.5 Å². The van der Waals surface area contributed by atoms with Crippen LogP contribution in [0.5, 0.6) is 11.5 Å². The Morgan fingerprint density at radius 2 is 1.83 bits per heavy atom. The monoisotopic (exact) mass is 408 g/mol. The van der Waals surface area contributed by atoms with Gasteiger partial charge in [0.05, 0.1) is 11.3 Å². The van der Waals surface area contributed by atoms with E-state index in [1.165, 1.54) is 29.5 Å². The number of hydrogen-bond donors (Lipinski definition) is 1. The quantitative estimate of drug-likeness (QED) is 0.661. The number of rotatable bonds is 4. The predicted molar refractivity (Wildman–Crippen MR) is 106 cm³/mol. The fourth-order valence-corrected chi connectivity index (χ4v) is 4.03. The standard InChI is InChI=1S/C21H13FN2O4S/c22-12-3-1-4-14(9-12)24-20(25)18(17-5-2-8-29-17)19(21(24)26)23-13-6-7-15-16(10-13)28-11-27-15/h1-10,23H,11H2. The van der Waals surface area contributed by atoms with Gasteiger partial charge in [0.1, 0.15) is 11.5 Å². The van der Waals surface area contributed by atoms with E-state index in [1.54, 1.807) is 30.3 Å². The number of imide groups is 1. The molecule has 144 valence electrons. The van der Waals surface area contributed by atoms with Gasteiger partial charge in [-0.05, 0) is 41.8 Å². The van der Waals surface area contributed by atoms with Gasteiger partial charge in [-0.2, -0.15) is 0 Å². The number of fused-ring (bicyclic) bond motifs is 1. The van der Waals surface area contributed by atoms with Crippen LogP contribution in [0.4, 0.5) is 15.8 Å². The number of anilines is 2. The second kappa shape index (κ2) is 6.75. The van der Waals surface area contributed by atoms with Gasteiger partial charge < -0.3 is 14.8 Å². The first-order chi connectivity index (χ1) is 14.1. The molecule has 0 radical (unpaired) electrons. The largest absolute Gasteiger partial charge is 0.454 e. The van der Waals surface area contributed by atoms with E-state index in [1.807, 2.05) is 5.38 Å². The summed E-state index contributed by atoms with van der Waals surface area (Å²) in [7, 11) is 0. The van der Waals surface area contributed by atoms with Gasteiger partial charge >= 0.3 is 0 Å². The second-order valence-corrected chi connectivity index (χ2v) is 7.29. The summed E-state index contributed by atoms with van der Waals surface area (Å²) in [6, 6.07) is 14.1. The molecule has 2 aliphatic rings. The molecule has 1 N–H and O–H groups in total. The van der Waals surface area contributed by atoms with Gasteiger partial charge in [0, 0.05) is 16.6 Å². The van der Waals surface area contributed by atoms with Gasteiger partial charge in [-0.3, -0.25) is 9.59 Å². The highest BCUT2D eigenvalue weighted by atomic mass is 32.1. The number of halogens is 1. The number of nitrogens with zero attached hydrogens (tertiary/aromatic N) is 1. The van der Waals surface area contributed by atoms with Crippen molar-refractivity contribution in [3.63, 3.8) is 0 Å². The molecule has 5 rings (SSSR count). The van der Waals surface area contributed by atoms with Crippen molar-refractivity contribution in [2.75, 3.05) is 17.0 Å². The lowest BCUT2D eigenvalue weighted by Gasteiger charge is -2.15. The van der Waals surface area contributed by atoms with E-state index in [4.69, 9.17) is 9.47 Å². The van der Waals surface area contributed by atoms with Crippen LogP contribution in [0.1, 0.15) is 4.88 Å². The molecule has 2 aliphatic heterocycles. The Kier molecular flexibility index (Phi) is 4.06. The average molecular weight is 408 g/mol. The molecule has 0 saturated heterocycles. The Labute approximate surface area is 168 Å². The number of thiophene rings is 1. The SMILES string of the molecule is O=C1C(Nc2ccc3c(c2)OCO3)=C(c2cccs2)C(=O)N1c1cccc(F)c1. The van der Waals surface area contributed by atoms with Gasteiger partial charge in [-0.1, -0.05) is 12.1 Å². The molecular formula is C21H13FN2O4S. The van der Waals surface area contributed by atoms with Crippen molar-refractivity contribution >= 4 is 40.1 Å². The molecule has 0 unspecified atom stereocenters. The van der Waals surface area contributed by atoms with Gasteiger partial charge in [0.25, 0.3) is 11.8 Å². The minimum Gasteiger partial charge on any atom is -0.454 e. The lowest BCUT2D eigenvalue weighted by Crippen LogP contribution is -2.32. The topological polar surface area (TPSA) is 67.9 Å². The van der Waals surface area contributed by atoms with Crippen LogP contribution in [-0.2, 0) is 9.59 Å². The minimum absolute atomic E-state index is 0.126. The molecule has 1 aromatic heterocycles. The predicted octanol–water partition coefficient (Wildman–Crippen LogP) is 4.01. The summed E-state index contributed by atoms with van der Waals surface area (Å²) >= 11 is 1.34. The highest BCUT2D eigenvalue weighted by Gasteiger charge is 2.41. The summed E-state index contributed by atoms with van der Waals surface area (Å²) in [5, 5.41) is 4.87. The van der Waals surface area contributed by atoms with Gasteiger partial charge in [0.2, 0.25) is 6.79 Å². The molecule has 2 aromatic carbocycles. The number of carbonyl (C=O) groups is 2. The molecule has 6 nitrogen and oxygen atoms in total. The molecule has 2 amide bonds. The summed E-state index contributed by atoms with van der Waals surface area (Å²) in [6.07, 6.45) is 0. The Morgan fingerprint density at radius 3 is 2.62 bits per heavy atom. The number of hydrogen-bond acceptors (Lipinski definition) is 6. The third-order valence-electron chi connectivity index (χ3n) is 4.56. The fraction of sp³-hybridized carbons (Fsp3) is 0.0476. The third-order valence-corrected chi connectivity index (χ3v) is 5.45. The van der Waals surface area contributed by atoms with Gasteiger partial charge in [-0.25, -0.2) is 9.29 Å². The van der Waals surface area contributed by atoms with Gasteiger partial charge in [0.15, 0.2) is 11.5 Å². The summed E-state index contributed by atoms with van der Waals surface area (Å²) in [5.41, 5.74) is 1.12. The maximum atomic E-state index is 13.7. The highest BCUT2D eigenvalue weighted by Crippen LogP contribution is 2.38. The van der Waals surface area contributed by atoms with E-state index in [9.17, 15) is 14.0 Å². The molecule has 29 heavy (non-hydrogen) atoms. The van der Waals surface area contributed by atoms with E-state index >= 15 is 0 Å². The number of benzene rings is 2. The van der Waals surface area contributed by atoms with Crippen molar-refractivity contribution in [3.8, 4) is 11.5 Å². The van der Waals surface area contributed by atoms with Crippen molar-refractivity contribution in [2.24, 2.45) is 0 Å². The van der Waals surface area contributed by atoms with Crippen molar-refractivity contribution in [1.82, 2.24) is 0 Å². The maximum absolute atomic E-state index is 13.7. The van der Waals surface area contributed by atoms with Crippen molar-refractivity contribution in [2.45, 2.75) is 0 Å². The second-order valence-electron chi connectivity index (χ2n) is 6.35. The normalized spacial score (nSPS) is 15.4. The number of carbonyl (C=O) groups excluding carboxylic acids is 2. The van der Waals surface area contributed by atoms with Crippen LogP contribution in [0.25, 0.3) is 5.57 Å². The first-order valence-electron chi connectivity index (χ1n) is 8.71. The summed E-state index contributed by atoms with van der Waals surface area (Å²) in [5.74, 6) is -0.434. The Bertz CT molecular complexity index is 1170. The molecule has 3 heterocycles. The minimum atomic E-state index is -0.554. The molecular weight excluding hydrogens is 395 g/mol. The van der Waals surface area contributed by atoms with Crippen LogP contribution >= 0.6 is 11.3 Å². The van der Waals surface area contributed by atoms with Crippen molar-refractivity contribution in [1.29, 1.82) is 0 Å². The molecule has 0 saturated carbocycles. The number of nitrogens with one attached hydrogen (secondary N) is 1. The van der Waals surface area contributed by atoms with Crippen LogP contribution in [0, 0.1) is 5.82 Å². The van der Waals surface area contributed by atoms with E-state index in [0.717, 1.165) is 11.0 Å². The highest BCUT2D eigenvalue weighted by molar-refractivity contribution is 7.11. The van der Waals surface area contributed by atoms with Crippen LogP contribution in [0.3, 0.4) is 0 Å². The van der Waals surface area contributed by atoms with E-state index in [-0.39, 0.29) is 23.8 Å². The van der Waals surface area contributed by atoms with E-state index in [0.29, 0.717) is 22.1 Å². The fourth-order valence-electron chi connectivity index (χ4n) is 3.26. The van der Waals surface area contributed by atoms with E-state index in [2.05, 4.69) is 5.32 Å². The van der Waals surface area contributed by atoms with Crippen LogP contribution in [0.15, 0.2) is 65.7 Å². The average Bonchev–Trinajstić information content (AvgIpc) is 3.43. The Hall–Kier alpha value is -3.65. The van der Waals surface area contributed by atoms with Crippen LogP contribution < -0.4 is 19.7 Å². The van der Waals surface area contributed by atoms with E-state index < -0.39 is 17.6 Å². The lowest BCUT2D eigenvalue weighted by molar-refractivity contribution is -0.120. The zero-order valence-corrected chi connectivity index (χ0v) is 15.7. The number of ether oxygens (including phenoxy) is 2. The first-order valence-corrected chi connectivity index (χ1v) is 9.59. The summed E-state index contributed by atoms with van der Waals surface area (Å²) in [6.45, 7) is 0.132. The molecule has 0 aliphatic carbocycles. The van der Waals surface area contributed by atoms with Crippen LogP contribution in [-0.4, -0.2) is 18.6 Å². The zero-order valence-electron chi connectivity index (χ0n) is 14.8. The summed E-state index contributed by atoms with van der Waals surface area (Å²) < 4.78 is 24.4. The molecule has 8 heteroatoms. The molecule has 0 bridgehead atoms. The first kappa shape index (κ1) is 17.4. The Morgan fingerprint density at radius 1 is 0.966 bits per heavy atom. The maximum Gasteiger partial charge on any atom is 0.282 e. The summed E-state index contributed by atoms with van der Waals surface area (Å²) in [4.78, 5) is 28.0. The molecule has 0 atom stereocenters. The zero-order chi connectivity index (χ0) is 20.0. The van der Waals surface area contributed by atoms with Crippen LogP contribution in [0.2, 0.25) is 0 Å². The molecule has 0 spiro atoms. The van der Waals surface area contributed by atoms with Gasteiger partial charge in [-0.15, -0.1) is 11.3 Å². The Balaban J connectivity index is 1.58. The number of amides is 2. The molecule has 0 fully saturated rings. The van der Waals surface area contributed by atoms with Crippen molar-refractivity contribution in [3.05, 3.63) is 76.4 Å². The lowest BCUT2D eigenvalue weighted by atomic mass is 10.2. The molecule has 3 aromatic rings.